The fourth-order valence-electron chi connectivity index (χ4n) is 0.618. The van der Waals surface area contributed by atoms with E-state index in [1.807, 2.05) is 0 Å². The van der Waals surface area contributed by atoms with Gasteiger partial charge in [0.15, 0.2) is 6.29 Å². The van der Waals surface area contributed by atoms with Gasteiger partial charge < -0.3 is 76.2 Å². The summed E-state index contributed by atoms with van der Waals surface area (Å²) in [7, 11) is 0. The summed E-state index contributed by atoms with van der Waals surface area (Å²) < 4.78 is 0. The predicted octanol–water partition coefficient (Wildman–Crippen LogP) is -7.28. The highest BCUT2D eigenvalue weighted by Gasteiger charge is 2.29. The Labute approximate surface area is 158 Å². The number of amides is 8. The number of aliphatic hydroxyl groups excluding tert-OH is 5. The number of carbonyl (C=O) groups is 5. The molecular weight excluding hydrogens is 392 g/mol. The normalized spacial score (nSPS) is 12.5. The second-order valence-corrected chi connectivity index (χ2v) is 3.97. The lowest BCUT2D eigenvalue weighted by molar-refractivity contribution is -0.136. The maximum atomic E-state index is 9.90. The smallest absolute Gasteiger partial charge is 0.309 e. The average molecular weight is 420 g/mol. The van der Waals surface area contributed by atoms with Crippen molar-refractivity contribution in [3.63, 3.8) is 0 Å². The third-order valence-electron chi connectivity index (χ3n) is 1.42. The highest BCUT2D eigenvalue weighted by atomic mass is 16.4. The molecule has 168 valence electrons. The summed E-state index contributed by atoms with van der Waals surface area (Å²) in [5.74, 6) is 0. The van der Waals surface area contributed by atoms with Gasteiger partial charge in [0.05, 0.1) is 6.61 Å². The quantitative estimate of drug-likeness (QED) is 0.186. The molecule has 0 spiro atoms. The van der Waals surface area contributed by atoms with Crippen molar-refractivity contribution in [1.82, 2.24) is 0 Å². The SMILES string of the molecule is NC(N)=O.NC(N)=O.NC(N)=O.NC(N)=O.O=C[C@H](O)[C@@H](O)[C@H](O)[C@H](O)CO. The predicted molar refractivity (Wildman–Crippen MR) is 92.3 cm³/mol. The number of urea groups is 4. The first-order valence-corrected chi connectivity index (χ1v) is 6.45. The molecule has 0 aromatic rings. The minimum Gasteiger partial charge on any atom is -0.394 e. The van der Waals surface area contributed by atoms with Crippen LogP contribution in [-0.2, 0) is 4.79 Å². The summed E-state index contributed by atoms with van der Waals surface area (Å²) in [5.41, 5.74) is 34.0. The zero-order chi connectivity index (χ0) is 24.0. The molecule has 0 radical (unpaired) electrons. The Hall–Kier alpha value is -3.45. The standard InChI is InChI=1S/C6H12O6.4CH4N2O/c7-1-3(9)5(11)6(12)4(10)2-8;4*2-1(3)4/h1,3-6,8-12H,2H2;4*(H4,2,3,4)/t3-,4+,5+,6+;;;;/m0..../s1. The first-order chi connectivity index (χ1) is 12.5. The van der Waals surface area contributed by atoms with E-state index in [2.05, 4.69) is 45.9 Å². The molecule has 0 aliphatic rings. The van der Waals surface area contributed by atoms with Gasteiger partial charge in [-0.3, -0.25) is 0 Å². The number of nitrogens with two attached hydrogens (primary N) is 8. The summed E-state index contributed by atoms with van der Waals surface area (Å²) in [6.45, 7) is -0.760. The summed E-state index contributed by atoms with van der Waals surface area (Å²) >= 11 is 0. The molecule has 0 aromatic carbocycles. The minimum atomic E-state index is -1.79. The van der Waals surface area contributed by atoms with E-state index in [9.17, 15) is 4.79 Å². The Morgan fingerprint density at radius 1 is 0.643 bits per heavy atom. The van der Waals surface area contributed by atoms with Crippen molar-refractivity contribution in [2.75, 3.05) is 6.61 Å². The monoisotopic (exact) mass is 420 g/mol. The van der Waals surface area contributed by atoms with Crippen LogP contribution < -0.4 is 45.9 Å². The van der Waals surface area contributed by atoms with Crippen molar-refractivity contribution in [2.45, 2.75) is 24.4 Å². The number of carbonyl (C=O) groups excluding carboxylic acids is 5. The molecule has 28 heavy (non-hydrogen) atoms. The molecule has 0 rings (SSSR count). The number of aliphatic hydroxyl groups is 5. The van der Waals surface area contributed by atoms with Crippen LogP contribution in [0.3, 0.4) is 0 Å². The average Bonchev–Trinajstić information content (AvgIpc) is 2.49. The molecule has 18 nitrogen and oxygen atoms in total. The van der Waals surface area contributed by atoms with Crippen LogP contribution in [0.4, 0.5) is 19.2 Å². The molecule has 0 unspecified atom stereocenters. The number of hydrogen-bond acceptors (Lipinski definition) is 10. The summed E-state index contributed by atoms with van der Waals surface area (Å²) in [6, 6.07) is -3.33. The van der Waals surface area contributed by atoms with Gasteiger partial charge in [0, 0.05) is 0 Å². The number of hydrogen-bond donors (Lipinski definition) is 13. The summed E-state index contributed by atoms with van der Waals surface area (Å²) in [4.78, 5) is 45.9. The van der Waals surface area contributed by atoms with Crippen LogP contribution in [-0.4, -0.2) is 87.0 Å². The van der Waals surface area contributed by atoms with E-state index < -0.39 is 55.1 Å². The Kier molecular flexibility index (Phi) is 30.0. The van der Waals surface area contributed by atoms with Gasteiger partial charge in [-0.1, -0.05) is 0 Å². The van der Waals surface area contributed by atoms with Gasteiger partial charge in [0.2, 0.25) is 0 Å². The minimum absolute atomic E-state index is 0.0258. The van der Waals surface area contributed by atoms with Gasteiger partial charge in [-0.15, -0.1) is 0 Å². The lowest BCUT2D eigenvalue weighted by Gasteiger charge is -2.22. The Balaban J connectivity index is -0.0000000910. The molecule has 0 fully saturated rings. The van der Waals surface area contributed by atoms with Crippen LogP contribution in [0, 0.1) is 0 Å². The van der Waals surface area contributed by atoms with E-state index in [0.717, 1.165) is 0 Å². The van der Waals surface area contributed by atoms with E-state index in [1.54, 1.807) is 0 Å². The van der Waals surface area contributed by atoms with Crippen LogP contribution in [0.1, 0.15) is 0 Å². The zero-order valence-electron chi connectivity index (χ0n) is 14.5. The number of aldehydes is 1. The molecule has 0 aliphatic carbocycles. The first kappa shape index (κ1) is 35.6. The molecular formula is C10H28N8O10. The molecule has 0 saturated carbocycles. The summed E-state index contributed by atoms with van der Waals surface area (Å²) in [6.07, 6.45) is -6.84. The van der Waals surface area contributed by atoms with E-state index in [1.165, 1.54) is 0 Å². The third kappa shape index (κ3) is 66.5. The highest BCUT2D eigenvalue weighted by Crippen LogP contribution is 2.02. The second kappa shape index (κ2) is 23.5. The lowest BCUT2D eigenvalue weighted by atomic mass is 10.0. The maximum Gasteiger partial charge on any atom is 0.309 e. The van der Waals surface area contributed by atoms with E-state index >= 15 is 0 Å². The number of primary amides is 8. The van der Waals surface area contributed by atoms with Crippen molar-refractivity contribution >= 4 is 30.4 Å². The molecule has 0 heterocycles. The van der Waals surface area contributed by atoms with Crippen LogP contribution in [0.15, 0.2) is 0 Å². The zero-order valence-corrected chi connectivity index (χ0v) is 14.5. The van der Waals surface area contributed by atoms with Crippen molar-refractivity contribution in [1.29, 1.82) is 0 Å². The Morgan fingerprint density at radius 2 is 0.857 bits per heavy atom. The van der Waals surface area contributed by atoms with Crippen molar-refractivity contribution in [2.24, 2.45) is 45.9 Å². The van der Waals surface area contributed by atoms with E-state index in [4.69, 9.17) is 44.7 Å². The molecule has 0 saturated heterocycles. The molecule has 21 N–H and O–H groups in total. The summed E-state index contributed by atoms with van der Waals surface area (Å²) in [5, 5.41) is 43.5. The molecule has 0 aromatic heterocycles. The van der Waals surface area contributed by atoms with Crippen LogP contribution in [0.2, 0.25) is 0 Å². The largest absolute Gasteiger partial charge is 0.394 e. The highest BCUT2D eigenvalue weighted by molar-refractivity contribution is 5.69. The fourth-order valence-corrected chi connectivity index (χ4v) is 0.618. The Bertz CT molecular complexity index is 388. The fraction of sp³-hybridized carbons (Fsp3) is 0.500. The van der Waals surface area contributed by atoms with Gasteiger partial charge in [-0.2, -0.15) is 0 Å². The molecule has 18 heteroatoms. The van der Waals surface area contributed by atoms with Gasteiger partial charge in [-0.05, 0) is 0 Å². The van der Waals surface area contributed by atoms with Gasteiger partial charge in [0.1, 0.15) is 24.4 Å². The van der Waals surface area contributed by atoms with Crippen molar-refractivity contribution in [3.05, 3.63) is 0 Å². The molecule has 0 aliphatic heterocycles. The first-order valence-electron chi connectivity index (χ1n) is 6.45. The number of rotatable bonds is 5. The molecule has 0 bridgehead atoms. The van der Waals surface area contributed by atoms with E-state index in [0.29, 0.717) is 0 Å². The van der Waals surface area contributed by atoms with Crippen LogP contribution >= 0.6 is 0 Å². The van der Waals surface area contributed by atoms with Gasteiger partial charge >= 0.3 is 24.1 Å². The molecule has 8 amide bonds. The van der Waals surface area contributed by atoms with E-state index in [-0.39, 0.29) is 6.29 Å². The van der Waals surface area contributed by atoms with Crippen LogP contribution in [0.25, 0.3) is 0 Å². The molecule has 4 atom stereocenters. The van der Waals surface area contributed by atoms with Crippen molar-refractivity contribution < 1.29 is 49.5 Å². The van der Waals surface area contributed by atoms with Gasteiger partial charge in [-0.25, -0.2) is 19.2 Å². The topological polar surface area (TPSA) is 395 Å². The van der Waals surface area contributed by atoms with Crippen LogP contribution in [0.5, 0.6) is 0 Å². The third-order valence-corrected chi connectivity index (χ3v) is 1.42. The van der Waals surface area contributed by atoms with Gasteiger partial charge in [0.25, 0.3) is 0 Å². The van der Waals surface area contributed by atoms with Crippen molar-refractivity contribution in [3.8, 4) is 0 Å². The second-order valence-electron chi connectivity index (χ2n) is 3.97. The lowest BCUT2D eigenvalue weighted by Crippen LogP contribution is -2.46. The maximum absolute atomic E-state index is 9.90. The Morgan fingerprint density at radius 3 is 1.00 bits per heavy atom.